The summed E-state index contributed by atoms with van der Waals surface area (Å²) in [6.07, 6.45) is 0. The Bertz CT molecular complexity index is 658. The fourth-order valence-electron chi connectivity index (χ4n) is 2.40. The van der Waals surface area contributed by atoms with E-state index in [1.807, 2.05) is 33.8 Å². The van der Waals surface area contributed by atoms with Crippen LogP contribution in [0.1, 0.15) is 34.2 Å². The Morgan fingerprint density at radius 1 is 1.30 bits per heavy atom. The number of nitrogens with two attached hydrogens (primary N) is 1. The number of likely N-dealkylation sites (N-methyl/N-ethyl adjacent to an activating group) is 1. The van der Waals surface area contributed by atoms with Crippen LogP contribution in [0.25, 0.3) is 11.0 Å². The molecule has 2 N–H and O–H groups in total. The average molecular weight is 274 g/mol. The van der Waals surface area contributed by atoms with Gasteiger partial charge in [0.05, 0.1) is 0 Å². The van der Waals surface area contributed by atoms with E-state index in [9.17, 15) is 4.79 Å². The average Bonchev–Trinajstić information content (AvgIpc) is 2.79. The summed E-state index contributed by atoms with van der Waals surface area (Å²) in [5.74, 6) is 0.302. The Morgan fingerprint density at radius 3 is 2.45 bits per heavy atom. The molecule has 0 aliphatic rings. The van der Waals surface area contributed by atoms with Gasteiger partial charge >= 0.3 is 0 Å². The third-order valence-corrected chi connectivity index (χ3v) is 4.00. The highest BCUT2D eigenvalue weighted by atomic mass is 16.3. The number of furan rings is 1. The molecule has 0 saturated heterocycles. The minimum absolute atomic E-state index is 0.0164. The lowest BCUT2D eigenvalue weighted by atomic mass is 10.0. The van der Waals surface area contributed by atoms with Crippen molar-refractivity contribution < 1.29 is 9.21 Å². The number of benzene rings is 1. The Balaban J connectivity index is 2.56. The van der Waals surface area contributed by atoms with Crippen LogP contribution < -0.4 is 5.73 Å². The number of amides is 1. The molecule has 4 heteroatoms. The van der Waals surface area contributed by atoms with Gasteiger partial charge in [0.2, 0.25) is 0 Å². The van der Waals surface area contributed by atoms with Crippen LogP contribution in [-0.4, -0.2) is 30.4 Å². The van der Waals surface area contributed by atoms with Gasteiger partial charge in [-0.3, -0.25) is 4.79 Å². The van der Waals surface area contributed by atoms with Gasteiger partial charge in [-0.25, -0.2) is 0 Å². The van der Waals surface area contributed by atoms with E-state index in [2.05, 4.69) is 6.07 Å². The van der Waals surface area contributed by atoms with Gasteiger partial charge in [0.25, 0.3) is 5.91 Å². The molecule has 1 atom stereocenters. The highest BCUT2D eigenvalue weighted by Crippen LogP contribution is 2.31. The lowest BCUT2D eigenvalue weighted by molar-refractivity contribution is 0.0717. The number of carbonyl (C=O) groups is 1. The maximum Gasteiger partial charge on any atom is 0.289 e. The lowest BCUT2D eigenvalue weighted by Crippen LogP contribution is -2.39. The van der Waals surface area contributed by atoms with E-state index in [1.54, 1.807) is 11.9 Å². The molecule has 1 unspecified atom stereocenters. The van der Waals surface area contributed by atoms with Crippen LogP contribution in [0.4, 0.5) is 0 Å². The van der Waals surface area contributed by atoms with Crippen LogP contribution >= 0.6 is 0 Å². The predicted octanol–water partition coefficient (Wildman–Crippen LogP) is 2.78. The Kier molecular flexibility index (Phi) is 3.86. The summed E-state index contributed by atoms with van der Waals surface area (Å²) in [6, 6.07) is 4.05. The number of carbonyl (C=O) groups excluding carboxylic acids is 1. The molecule has 0 aliphatic heterocycles. The molecule has 1 amide bonds. The summed E-state index contributed by atoms with van der Waals surface area (Å²) in [7, 11) is 1.76. The zero-order valence-corrected chi connectivity index (χ0v) is 12.8. The molecule has 2 rings (SSSR count). The maximum atomic E-state index is 12.5. The first kappa shape index (κ1) is 14.6. The topological polar surface area (TPSA) is 59.5 Å². The maximum absolute atomic E-state index is 12.5. The summed E-state index contributed by atoms with van der Waals surface area (Å²) in [6.45, 7) is 8.31. The summed E-state index contributed by atoms with van der Waals surface area (Å²) < 4.78 is 5.86. The molecule has 0 fully saturated rings. The van der Waals surface area contributed by atoms with Crippen LogP contribution in [0, 0.1) is 20.8 Å². The molecule has 4 nitrogen and oxygen atoms in total. The summed E-state index contributed by atoms with van der Waals surface area (Å²) in [5.41, 5.74) is 9.50. The zero-order chi connectivity index (χ0) is 15.0. The van der Waals surface area contributed by atoms with Gasteiger partial charge in [-0.2, -0.15) is 0 Å². The summed E-state index contributed by atoms with van der Waals surface area (Å²) >= 11 is 0. The molecule has 1 aromatic carbocycles. The van der Waals surface area contributed by atoms with Gasteiger partial charge in [0, 0.05) is 30.6 Å². The Labute approximate surface area is 119 Å². The molecule has 0 radical (unpaired) electrons. The fourth-order valence-corrected chi connectivity index (χ4v) is 2.40. The first-order chi connectivity index (χ1) is 9.38. The molecule has 20 heavy (non-hydrogen) atoms. The minimum atomic E-state index is -0.115. The number of hydrogen-bond donors (Lipinski definition) is 1. The number of rotatable bonds is 3. The normalized spacial score (nSPS) is 12.7. The molecule has 1 heterocycles. The van der Waals surface area contributed by atoms with E-state index in [4.69, 9.17) is 10.2 Å². The highest BCUT2D eigenvalue weighted by molar-refractivity contribution is 6.00. The zero-order valence-electron chi connectivity index (χ0n) is 12.8. The van der Waals surface area contributed by atoms with Crippen molar-refractivity contribution in [3.8, 4) is 0 Å². The van der Waals surface area contributed by atoms with Gasteiger partial charge in [-0.1, -0.05) is 12.1 Å². The lowest BCUT2D eigenvalue weighted by Gasteiger charge is -2.22. The van der Waals surface area contributed by atoms with Crippen molar-refractivity contribution in [1.29, 1.82) is 0 Å². The smallest absolute Gasteiger partial charge is 0.289 e. The second-order valence-electron chi connectivity index (χ2n) is 5.46. The molecule has 0 bridgehead atoms. The number of nitrogens with zero attached hydrogens (tertiary/aromatic N) is 1. The van der Waals surface area contributed by atoms with Crippen LogP contribution in [0.3, 0.4) is 0 Å². The van der Waals surface area contributed by atoms with Crippen molar-refractivity contribution in [3.63, 3.8) is 0 Å². The Morgan fingerprint density at radius 2 is 1.90 bits per heavy atom. The van der Waals surface area contributed by atoms with E-state index >= 15 is 0 Å². The third-order valence-electron chi connectivity index (χ3n) is 4.00. The predicted molar refractivity (Wildman–Crippen MR) is 81.0 cm³/mol. The van der Waals surface area contributed by atoms with E-state index in [0.29, 0.717) is 12.3 Å². The molecular weight excluding hydrogens is 252 g/mol. The first-order valence-corrected chi connectivity index (χ1v) is 6.85. The van der Waals surface area contributed by atoms with Gasteiger partial charge in [-0.15, -0.1) is 0 Å². The van der Waals surface area contributed by atoms with Crippen molar-refractivity contribution in [3.05, 3.63) is 34.6 Å². The van der Waals surface area contributed by atoms with Gasteiger partial charge < -0.3 is 15.1 Å². The van der Waals surface area contributed by atoms with Gasteiger partial charge in [0.1, 0.15) is 5.58 Å². The van der Waals surface area contributed by atoms with Crippen molar-refractivity contribution in [2.24, 2.45) is 5.73 Å². The highest BCUT2D eigenvalue weighted by Gasteiger charge is 2.24. The molecule has 0 aliphatic carbocycles. The molecule has 2 aromatic rings. The van der Waals surface area contributed by atoms with Crippen LogP contribution in [0.5, 0.6) is 0 Å². The molecule has 1 aromatic heterocycles. The summed E-state index contributed by atoms with van der Waals surface area (Å²) in [4.78, 5) is 14.2. The van der Waals surface area contributed by atoms with Crippen LogP contribution in [-0.2, 0) is 0 Å². The van der Waals surface area contributed by atoms with Gasteiger partial charge in [0.15, 0.2) is 5.76 Å². The minimum Gasteiger partial charge on any atom is -0.450 e. The number of aryl methyl sites for hydroxylation is 3. The second-order valence-corrected chi connectivity index (χ2v) is 5.46. The third kappa shape index (κ3) is 2.20. The van der Waals surface area contributed by atoms with Crippen LogP contribution in [0.2, 0.25) is 0 Å². The van der Waals surface area contributed by atoms with Crippen molar-refractivity contribution in [2.45, 2.75) is 33.7 Å². The van der Waals surface area contributed by atoms with E-state index in [1.165, 1.54) is 0 Å². The molecular formula is C16H22N2O2. The van der Waals surface area contributed by atoms with E-state index < -0.39 is 0 Å². The first-order valence-electron chi connectivity index (χ1n) is 6.85. The van der Waals surface area contributed by atoms with Crippen molar-refractivity contribution in [1.82, 2.24) is 4.90 Å². The van der Waals surface area contributed by atoms with E-state index in [-0.39, 0.29) is 11.9 Å². The Hall–Kier alpha value is -1.81. The number of fused-ring (bicyclic) bond motifs is 1. The number of hydrogen-bond acceptors (Lipinski definition) is 3. The monoisotopic (exact) mass is 274 g/mol. The quantitative estimate of drug-likeness (QED) is 0.936. The van der Waals surface area contributed by atoms with Gasteiger partial charge in [-0.05, 0) is 38.8 Å². The largest absolute Gasteiger partial charge is 0.450 e. The molecule has 0 saturated carbocycles. The standard InChI is InChI=1S/C16H22N2O2/c1-9-6-7-10(2)14-13(9)12(4)15(20-14)16(19)18(5)11(3)8-17/h6-7,11H,8,17H2,1-5H3. The van der Waals surface area contributed by atoms with Crippen molar-refractivity contribution in [2.75, 3.05) is 13.6 Å². The molecule has 0 spiro atoms. The van der Waals surface area contributed by atoms with Crippen molar-refractivity contribution >= 4 is 16.9 Å². The fraction of sp³-hybridized carbons (Fsp3) is 0.438. The molecule has 108 valence electrons. The SMILES string of the molecule is Cc1ccc(C)c2c(C)c(C(=O)N(C)C(C)CN)oc12. The second kappa shape index (κ2) is 5.29. The summed E-state index contributed by atoms with van der Waals surface area (Å²) in [5, 5.41) is 1.04. The van der Waals surface area contributed by atoms with Crippen LogP contribution in [0.15, 0.2) is 16.5 Å². The van der Waals surface area contributed by atoms with E-state index in [0.717, 1.165) is 27.7 Å².